The molecule has 2 rings (SSSR count). The van der Waals surface area contributed by atoms with Crippen LogP contribution < -0.4 is 0 Å². The van der Waals surface area contributed by atoms with Crippen molar-refractivity contribution >= 4 is 5.97 Å². The molecule has 1 aromatic carbocycles. The molecule has 0 aliphatic heterocycles. The predicted octanol–water partition coefficient (Wildman–Crippen LogP) is 3.01. The largest absolute Gasteiger partial charge is 0.456 e. The first-order chi connectivity index (χ1) is 9.50. The number of hydrogen-bond donors (Lipinski definition) is 0. The molecule has 1 aromatic heterocycles. The van der Waals surface area contributed by atoms with Gasteiger partial charge in [-0.2, -0.15) is 0 Å². The summed E-state index contributed by atoms with van der Waals surface area (Å²) in [6, 6.07) is 9.92. The van der Waals surface area contributed by atoms with Crippen LogP contribution in [-0.2, 0) is 23.2 Å². The number of aryl methyl sites for hydroxylation is 1. The van der Waals surface area contributed by atoms with Gasteiger partial charge in [0.15, 0.2) is 0 Å². The van der Waals surface area contributed by atoms with Crippen LogP contribution in [0, 0.1) is 6.92 Å². The van der Waals surface area contributed by atoms with Crippen molar-refractivity contribution in [3.05, 3.63) is 53.9 Å². The van der Waals surface area contributed by atoms with Gasteiger partial charge in [-0.25, -0.2) is 9.78 Å². The molecule has 4 heteroatoms. The summed E-state index contributed by atoms with van der Waals surface area (Å²) in [5.74, 6) is 0.483. The predicted molar refractivity (Wildman–Crippen MR) is 78.0 cm³/mol. The van der Waals surface area contributed by atoms with Crippen LogP contribution in [0.5, 0.6) is 0 Å². The van der Waals surface area contributed by atoms with Crippen LogP contribution in [0.25, 0.3) is 11.4 Å². The van der Waals surface area contributed by atoms with E-state index in [1.165, 1.54) is 0 Å². The molecule has 0 fully saturated rings. The number of ether oxygens (including phenoxy) is 1. The third kappa shape index (κ3) is 2.79. The number of hydrogen-bond acceptors (Lipinski definition) is 3. The van der Waals surface area contributed by atoms with Crippen molar-refractivity contribution in [1.82, 2.24) is 9.55 Å². The number of benzene rings is 1. The summed E-state index contributed by atoms with van der Waals surface area (Å²) in [5, 5.41) is 0. The number of rotatable bonds is 4. The van der Waals surface area contributed by atoms with Gasteiger partial charge in [0.25, 0.3) is 0 Å². The number of nitrogens with zero attached hydrogens (tertiary/aromatic N) is 2. The van der Waals surface area contributed by atoms with Crippen molar-refractivity contribution in [1.29, 1.82) is 0 Å². The standard InChI is InChI=1S/C16H18N2O2/c1-11(2)16(19)20-10-14-12(3)17-15(18(14)4)13-8-6-5-7-9-13/h5-9H,1,10H2,2-4H3. The quantitative estimate of drug-likeness (QED) is 0.633. The molecule has 0 radical (unpaired) electrons. The Hall–Kier alpha value is -2.36. The zero-order valence-corrected chi connectivity index (χ0v) is 12.0. The van der Waals surface area contributed by atoms with Gasteiger partial charge in [0.05, 0.1) is 11.4 Å². The van der Waals surface area contributed by atoms with E-state index in [0.717, 1.165) is 22.8 Å². The first kappa shape index (κ1) is 14.1. The van der Waals surface area contributed by atoms with E-state index >= 15 is 0 Å². The lowest BCUT2D eigenvalue weighted by atomic mass is 10.2. The second-order valence-corrected chi connectivity index (χ2v) is 4.75. The molecular weight excluding hydrogens is 252 g/mol. The maximum Gasteiger partial charge on any atom is 0.333 e. The van der Waals surface area contributed by atoms with Crippen LogP contribution in [0.15, 0.2) is 42.5 Å². The normalized spacial score (nSPS) is 10.3. The molecule has 0 spiro atoms. The molecule has 0 saturated heterocycles. The highest BCUT2D eigenvalue weighted by Gasteiger charge is 2.14. The average Bonchev–Trinajstić information content (AvgIpc) is 2.72. The van der Waals surface area contributed by atoms with E-state index in [-0.39, 0.29) is 12.6 Å². The monoisotopic (exact) mass is 270 g/mol. The number of esters is 1. The van der Waals surface area contributed by atoms with Crippen molar-refractivity contribution < 1.29 is 9.53 Å². The highest BCUT2D eigenvalue weighted by Crippen LogP contribution is 2.21. The summed E-state index contributed by atoms with van der Waals surface area (Å²) < 4.78 is 7.16. The van der Waals surface area contributed by atoms with Crippen LogP contribution >= 0.6 is 0 Å². The lowest BCUT2D eigenvalue weighted by molar-refractivity contribution is -0.140. The molecular formula is C16H18N2O2. The molecule has 0 atom stereocenters. The minimum atomic E-state index is -0.383. The van der Waals surface area contributed by atoms with Gasteiger partial charge in [-0.1, -0.05) is 36.9 Å². The second kappa shape index (κ2) is 5.74. The van der Waals surface area contributed by atoms with Gasteiger partial charge in [-0.15, -0.1) is 0 Å². The van der Waals surface area contributed by atoms with Crippen molar-refractivity contribution in [3.63, 3.8) is 0 Å². The fourth-order valence-electron chi connectivity index (χ4n) is 1.97. The Morgan fingerprint density at radius 2 is 2.00 bits per heavy atom. The van der Waals surface area contributed by atoms with Crippen LogP contribution in [0.1, 0.15) is 18.3 Å². The average molecular weight is 270 g/mol. The molecule has 1 heterocycles. The summed E-state index contributed by atoms with van der Waals surface area (Å²) >= 11 is 0. The van der Waals surface area contributed by atoms with Gasteiger partial charge in [-0.05, 0) is 13.8 Å². The van der Waals surface area contributed by atoms with Crippen molar-refractivity contribution in [2.45, 2.75) is 20.5 Å². The fourth-order valence-corrected chi connectivity index (χ4v) is 1.97. The van der Waals surface area contributed by atoms with Gasteiger partial charge in [0, 0.05) is 18.2 Å². The molecule has 20 heavy (non-hydrogen) atoms. The SMILES string of the molecule is C=C(C)C(=O)OCc1c(C)nc(-c2ccccc2)n1C. The number of aromatic nitrogens is 2. The number of carbonyl (C=O) groups excluding carboxylic acids is 1. The van der Waals surface area contributed by atoms with Gasteiger partial charge in [-0.3, -0.25) is 0 Å². The highest BCUT2D eigenvalue weighted by atomic mass is 16.5. The first-order valence-corrected chi connectivity index (χ1v) is 6.41. The summed E-state index contributed by atoms with van der Waals surface area (Å²) in [4.78, 5) is 16.0. The zero-order valence-electron chi connectivity index (χ0n) is 12.0. The Bertz CT molecular complexity index is 642. The highest BCUT2D eigenvalue weighted by molar-refractivity contribution is 5.86. The van der Waals surface area contributed by atoms with E-state index in [9.17, 15) is 4.79 Å². The van der Waals surface area contributed by atoms with E-state index in [4.69, 9.17) is 4.74 Å². The van der Waals surface area contributed by atoms with E-state index in [1.54, 1.807) is 6.92 Å². The smallest absolute Gasteiger partial charge is 0.333 e. The molecule has 0 unspecified atom stereocenters. The molecule has 4 nitrogen and oxygen atoms in total. The van der Waals surface area contributed by atoms with Gasteiger partial charge >= 0.3 is 5.97 Å². The third-order valence-electron chi connectivity index (χ3n) is 3.13. The zero-order chi connectivity index (χ0) is 14.7. The van der Waals surface area contributed by atoms with Gasteiger partial charge in [0.2, 0.25) is 0 Å². The maximum atomic E-state index is 11.5. The Kier molecular flexibility index (Phi) is 4.03. The van der Waals surface area contributed by atoms with E-state index in [2.05, 4.69) is 11.6 Å². The fraction of sp³-hybridized carbons (Fsp3) is 0.250. The van der Waals surface area contributed by atoms with Gasteiger partial charge in [0.1, 0.15) is 12.4 Å². The van der Waals surface area contributed by atoms with Crippen LogP contribution in [-0.4, -0.2) is 15.5 Å². The Balaban J connectivity index is 2.26. The minimum Gasteiger partial charge on any atom is -0.456 e. The van der Waals surface area contributed by atoms with Crippen LogP contribution in [0.4, 0.5) is 0 Å². The molecule has 0 amide bonds. The molecule has 0 N–H and O–H groups in total. The topological polar surface area (TPSA) is 44.1 Å². The van der Waals surface area contributed by atoms with E-state index in [1.807, 2.05) is 48.9 Å². The number of carbonyl (C=O) groups is 1. The minimum absolute atomic E-state index is 0.202. The van der Waals surface area contributed by atoms with Crippen LogP contribution in [0.3, 0.4) is 0 Å². The summed E-state index contributed by atoms with van der Waals surface area (Å²) in [7, 11) is 1.92. The van der Waals surface area contributed by atoms with Crippen LogP contribution in [0.2, 0.25) is 0 Å². The lowest BCUT2D eigenvalue weighted by Gasteiger charge is -2.08. The molecule has 0 saturated carbocycles. The molecule has 0 aliphatic carbocycles. The van der Waals surface area contributed by atoms with Crippen molar-refractivity contribution in [2.75, 3.05) is 0 Å². The summed E-state index contributed by atoms with van der Waals surface area (Å²) in [6.45, 7) is 7.32. The second-order valence-electron chi connectivity index (χ2n) is 4.75. The Labute approximate surface area is 118 Å². The molecule has 104 valence electrons. The van der Waals surface area contributed by atoms with E-state index in [0.29, 0.717) is 5.57 Å². The van der Waals surface area contributed by atoms with Crippen molar-refractivity contribution in [3.8, 4) is 11.4 Å². The molecule has 0 aliphatic rings. The van der Waals surface area contributed by atoms with Crippen molar-refractivity contribution in [2.24, 2.45) is 7.05 Å². The summed E-state index contributed by atoms with van der Waals surface area (Å²) in [6.07, 6.45) is 0. The molecule has 0 bridgehead atoms. The van der Waals surface area contributed by atoms with E-state index < -0.39 is 0 Å². The summed E-state index contributed by atoms with van der Waals surface area (Å²) in [5.41, 5.74) is 3.18. The first-order valence-electron chi connectivity index (χ1n) is 6.41. The Morgan fingerprint density at radius 3 is 2.60 bits per heavy atom. The molecule has 2 aromatic rings. The lowest BCUT2D eigenvalue weighted by Crippen LogP contribution is -2.08. The third-order valence-corrected chi connectivity index (χ3v) is 3.13. The number of imidazole rings is 1. The maximum absolute atomic E-state index is 11.5. The Morgan fingerprint density at radius 1 is 1.35 bits per heavy atom. The van der Waals surface area contributed by atoms with Gasteiger partial charge < -0.3 is 9.30 Å².